The van der Waals surface area contributed by atoms with Crippen LogP contribution in [0.1, 0.15) is 37.8 Å². The maximum absolute atomic E-state index is 13.1. The molecule has 1 atom stereocenters. The normalized spacial score (nSPS) is 21.4. The summed E-state index contributed by atoms with van der Waals surface area (Å²) in [4.78, 5) is 29.5. The zero-order chi connectivity index (χ0) is 17.9. The minimum Gasteiger partial charge on any atom is -0.338 e. The van der Waals surface area contributed by atoms with Crippen LogP contribution in [0.2, 0.25) is 0 Å². The minimum absolute atomic E-state index is 0.124. The van der Waals surface area contributed by atoms with Crippen LogP contribution < -0.4 is 5.56 Å². The van der Waals surface area contributed by atoms with Gasteiger partial charge in [-0.1, -0.05) is 18.2 Å². The monoisotopic (exact) mass is 354 g/mol. The number of aromatic amines is 1. The molecule has 0 bridgehead atoms. The van der Waals surface area contributed by atoms with Crippen molar-refractivity contribution in [3.8, 4) is 0 Å². The number of hydrogen-bond donors (Lipinski definition) is 1. The average molecular weight is 354 g/mol. The Morgan fingerprint density at radius 3 is 2.62 bits per heavy atom. The summed E-state index contributed by atoms with van der Waals surface area (Å²) in [6.45, 7) is 4.14. The van der Waals surface area contributed by atoms with Crippen LogP contribution in [0.25, 0.3) is 10.8 Å². The third-order valence-corrected chi connectivity index (χ3v) is 5.71. The first-order valence-electron chi connectivity index (χ1n) is 9.70. The number of piperidine rings is 1. The molecule has 2 aliphatic rings. The van der Waals surface area contributed by atoms with Crippen molar-refractivity contribution in [2.45, 2.75) is 44.6 Å². The number of fused-ring (bicyclic) bond motifs is 1. The molecule has 26 heavy (non-hydrogen) atoms. The van der Waals surface area contributed by atoms with Gasteiger partial charge in [-0.2, -0.15) is 5.10 Å². The fourth-order valence-electron chi connectivity index (χ4n) is 4.33. The Morgan fingerprint density at radius 1 is 1.08 bits per heavy atom. The Bertz CT molecular complexity index is 841. The van der Waals surface area contributed by atoms with Crippen LogP contribution in [0.15, 0.2) is 29.1 Å². The fourth-order valence-corrected chi connectivity index (χ4v) is 4.33. The first-order valence-corrected chi connectivity index (χ1v) is 9.70. The Morgan fingerprint density at radius 2 is 1.81 bits per heavy atom. The van der Waals surface area contributed by atoms with Crippen LogP contribution in [-0.2, 0) is 11.2 Å². The molecule has 138 valence electrons. The minimum atomic E-state index is -0.207. The van der Waals surface area contributed by atoms with E-state index in [2.05, 4.69) is 20.0 Å². The Labute approximate surface area is 153 Å². The summed E-state index contributed by atoms with van der Waals surface area (Å²) >= 11 is 0. The van der Waals surface area contributed by atoms with Gasteiger partial charge in [-0.05, 0) is 51.3 Å². The van der Waals surface area contributed by atoms with Crippen LogP contribution in [0, 0.1) is 0 Å². The van der Waals surface area contributed by atoms with E-state index in [0.717, 1.165) is 44.4 Å². The number of hydrogen-bond acceptors (Lipinski definition) is 4. The van der Waals surface area contributed by atoms with Gasteiger partial charge in [-0.25, -0.2) is 5.10 Å². The van der Waals surface area contributed by atoms with Gasteiger partial charge < -0.3 is 9.80 Å². The van der Waals surface area contributed by atoms with Gasteiger partial charge in [0.1, 0.15) is 0 Å². The molecule has 1 aromatic heterocycles. The molecule has 0 spiro atoms. The molecule has 3 heterocycles. The molecule has 1 aromatic carbocycles. The summed E-state index contributed by atoms with van der Waals surface area (Å²) in [6.07, 6.45) is 6.14. The highest BCUT2D eigenvalue weighted by atomic mass is 16.2. The van der Waals surface area contributed by atoms with Crippen molar-refractivity contribution in [3.63, 3.8) is 0 Å². The van der Waals surface area contributed by atoms with Gasteiger partial charge in [0.25, 0.3) is 5.56 Å². The van der Waals surface area contributed by atoms with Crippen molar-refractivity contribution < 1.29 is 4.79 Å². The van der Waals surface area contributed by atoms with E-state index in [-0.39, 0.29) is 17.9 Å². The molecule has 6 heteroatoms. The predicted molar refractivity (Wildman–Crippen MR) is 101 cm³/mol. The first-order chi connectivity index (χ1) is 12.7. The number of carbonyl (C=O) groups excluding carboxylic acids is 1. The van der Waals surface area contributed by atoms with Gasteiger partial charge in [-0.3, -0.25) is 9.59 Å². The molecule has 2 saturated heterocycles. The number of nitrogens with one attached hydrogen (secondary N) is 1. The van der Waals surface area contributed by atoms with Gasteiger partial charge in [-0.15, -0.1) is 0 Å². The maximum atomic E-state index is 13.1. The molecule has 1 N–H and O–H groups in total. The van der Waals surface area contributed by atoms with Crippen LogP contribution >= 0.6 is 0 Å². The van der Waals surface area contributed by atoms with Gasteiger partial charge in [0.05, 0.1) is 17.5 Å². The largest absolute Gasteiger partial charge is 0.338 e. The number of benzene rings is 1. The molecule has 1 amide bonds. The maximum Gasteiger partial charge on any atom is 0.272 e. The second kappa shape index (κ2) is 7.58. The van der Waals surface area contributed by atoms with E-state index >= 15 is 0 Å². The number of rotatable bonds is 4. The third kappa shape index (κ3) is 3.51. The quantitative estimate of drug-likeness (QED) is 0.911. The highest BCUT2D eigenvalue weighted by Crippen LogP contribution is 2.22. The van der Waals surface area contributed by atoms with Crippen molar-refractivity contribution in [1.82, 2.24) is 20.0 Å². The zero-order valence-electron chi connectivity index (χ0n) is 15.1. The number of aromatic nitrogens is 2. The molecular formula is C20H26N4O2. The van der Waals surface area contributed by atoms with Crippen LogP contribution in [0.5, 0.6) is 0 Å². The molecule has 2 fully saturated rings. The molecule has 2 aliphatic heterocycles. The summed E-state index contributed by atoms with van der Waals surface area (Å²) in [5, 5.41) is 8.08. The standard InChI is InChI=1S/C20H26N4O2/c25-19(13-18-16-8-1-2-9-17(16)20(26)22-21-18)24-12-4-3-7-15(24)14-23-10-5-6-11-23/h1-2,8-9,15H,3-7,10-14H2,(H,22,26)/t15-/m0/s1. The predicted octanol–water partition coefficient (Wildman–Crippen LogP) is 1.94. The lowest BCUT2D eigenvalue weighted by molar-refractivity contribution is -0.134. The molecule has 0 radical (unpaired) electrons. The van der Waals surface area contributed by atoms with Crippen LogP contribution in [0.4, 0.5) is 0 Å². The van der Waals surface area contributed by atoms with Crippen molar-refractivity contribution in [2.75, 3.05) is 26.2 Å². The second-order valence-electron chi connectivity index (χ2n) is 7.47. The van der Waals surface area contributed by atoms with Crippen molar-refractivity contribution in [1.29, 1.82) is 0 Å². The smallest absolute Gasteiger partial charge is 0.272 e. The van der Waals surface area contributed by atoms with E-state index in [0.29, 0.717) is 17.1 Å². The summed E-state index contributed by atoms with van der Waals surface area (Å²) in [6, 6.07) is 7.68. The number of amides is 1. The fraction of sp³-hybridized carbons (Fsp3) is 0.550. The Kier molecular flexibility index (Phi) is 5.02. The lowest BCUT2D eigenvalue weighted by Gasteiger charge is -2.38. The molecule has 6 nitrogen and oxygen atoms in total. The topological polar surface area (TPSA) is 69.3 Å². The van der Waals surface area contributed by atoms with E-state index in [1.165, 1.54) is 19.3 Å². The number of nitrogens with zero attached hydrogens (tertiary/aromatic N) is 3. The van der Waals surface area contributed by atoms with Gasteiger partial charge in [0, 0.05) is 24.5 Å². The van der Waals surface area contributed by atoms with Crippen molar-refractivity contribution in [2.24, 2.45) is 0 Å². The highest BCUT2D eigenvalue weighted by molar-refractivity contribution is 5.88. The van der Waals surface area contributed by atoms with Gasteiger partial charge in [0.2, 0.25) is 5.91 Å². The molecular weight excluding hydrogens is 328 g/mol. The summed E-state index contributed by atoms with van der Waals surface area (Å²) < 4.78 is 0. The molecule has 0 aliphatic carbocycles. The zero-order valence-corrected chi connectivity index (χ0v) is 15.1. The molecule has 2 aromatic rings. The van der Waals surface area contributed by atoms with Crippen LogP contribution in [-0.4, -0.2) is 58.1 Å². The third-order valence-electron chi connectivity index (χ3n) is 5.71. The second-order valence-corrected chi connectivity index (χ2v) is 7.47. The summed E-state index contributed by atoms with van der Waals surface area (Å²) in [5.74, 6) is 0.124. The number of carbonyl (C=O) groups is 1. The van der Waals surface area contributed by atoms with E-state index in [1.807, 2.05) is 18.2 Å². The summed E-state index contributed by atoms with van der Waals surface area (Å²) in [5.41, 5.74) is 0.456. The Hall–Kier alpha value is -2.21. The average Bonchev–Trinajstić information content (AvgIpc) is 3.18. The molecule has 4 rings (SSSR count). The summed E-state index contributed by atoms with van der Waals surface area (Å²) in [7, 11) is 0. The van der Waals surface area contributed by atoms with Gasteiger partial charge in [0.15, 0.2) is 0 Å². The Balaban J connectivity index is 1.53. The SMILES string of the molecule is O=C(Cc1n[nH]c(=O)c2ccccc12)N1CCCC[C@H]1CN1CCCC1. The van der Waals surface area contributed by atoms with Gasteiger partial charge >= 0.3 is 0 Å². The van der Waals surface area contributed by atoms with Crippen molar-refractivity contribution in [3.05, 3.63) is 40.3 Å². The molecule has 0 saturated carbocycles. The lowest BCUT2D eigenvalue weighted by Crippen LogP contribution is -2.49. The molecule has 0 unspecified atom stereocenters. The highest BCUT2D eigenvalue weighted by Gasteiger charge is 2.29. The lowest BCUT2D eigenvalue weighted by atomic mass is 10.00. The number of likely N-dealkylation sites (tertiary alicyclic amines) is 2. The van der Waals surface area contributed by atoms with Crippen LogP contribution in [0.3, 0.4) is 0 Å². The van der Waals surface area contributed by atoms with E-state index in [1.54, 1.807) is 6.07 Å². The first kappa shape index (κ1) is 17.2. The van der Waals surface area contributed by atoms with E-state index in [9.17, 15) is 9.59 Å². The van der Waals surface area contributed by atoms with E-state index < -0.39 is 0 Å². The van der Waals surface area contributed by atoms with Crippen molar-refractivity contribution >= 4 is 16.7 Å². The van der Waals surface area contributed by atoms with E-state index in [4.69, 9.17) is 0 Å². The number of H-pyrrole nitrogens is 1.